The predicted octanol–water partition coefficient (Wildman–Crippen LogP) is 3.64. The van der Waals surface area contributed by atoms with Crippen molar-refractivity contribution in [1.29, 1.82) is 0 Å². The molecule has 84 valence electrons. The number of nitrogens with zero attached hydrogens (tertiary/aromatic N) is 3. The molecule has 0 fully saturated rings. The Morgan fingerprint density at radius 2 is 1.94 bits per heavy atom. The fraction of sp³-hybridized carbons (Fsp3) is 0.273. The van der Waals surface area contributed by atoms with Crippen LogP contribution in [0.4, 0.5) is 0 Å². The number of halogens is 2. The second-order valence-corrected chi connectivity index (χ2v) is 4.70. The van der Waals surface area contributed by atoms with Gasteiger partial charge in [-0.05, 0) is 42.3 Å². The number of aromatic nitrogens is 3. The third-order valence-corrected chi connectivity index (χ3v) is 3.02. The van der Waals surface area contributed by atoms with E-state index in [0.717, 1.165) is 28.8 Å². The smallest absolute Gasteiger partial charge is 0.229 e. The molecule has 0 atom stereocenters. The summed E-state index contributed by atoms with van der Waals surface area (Å²) in [5, 5.41) is 8.38. The Morgan fingerprint density at radius 3 is 2.56 bits per heavy atom. The third kappa shape index (κ3) is 2.28. The molecule has 1 aromatic heterocycles. The minimum atomic E-state index is 0.408. The van der Waals surface area contributed by atoms with Crippen LogP contribution in [0.3, 0.4) is 0 Å². The van der Waals surface area contributed by atoms with E-state index in [4.69, 9.17) is 11.6 Å². The van der Waals surface area contributed by atoms with Crippen LogP contribution < -0.4 is 0 Å². The van der Waals surface area contributed by atoms with Crippen LogP contribution in [0.2, 0.25) is 5.28 Å². The minimum Gasteiger partial charge on any atom is -0.270 e. The van der Waals surface area contributed by atoms with Crippen LogP contribution in [0.5, 0.6) is 0 Å². The van der Waals surface area contributed by atoms with Crippen molar-refractivity contribution >= 4 is 27.5 Å². The van der Waals surface area contributed by atoms with Gasteiger partial charge in [-0.15, -0.1) is 10.2 Å². The second-order valence-electron chi connectivity index (χ2n) is 3.45. The van der Waals surface area contributed by atoms with Crippen LogP contribution in [-0.4, -0.2) is 14.8 Å². The monoisotopic (exact) mass is 299 g/mol. The van der Waals surface area contributed by atoms with Gasteiger partial charge in [0.25, 0.3) is 0 Å². The summed E-state index contributed by atoms with van der Waals surface area (Å²) in [4.78, 5) is 0. The fourth-order valence-corrected chi connectivity index (χ4v) is 2.02. The lowest BCUT2D eigenvalue weighted by Gasteiger charge is -2.06. The molecule has 0 aliphatic carbocycles. The quantitative estimate of drug-likeness (QED) is 0.866. The van der Waals surface area contributed by atoms with E-state index >= 15 is 0 Å². The molecule has 2 rings (SSSR count). The van der Waals surface area contributed by atoms with Gasteiger partial charge in [0.05, 0.1) is 0 Å². The van der Waals surface area contributed by atoms with Crippen molar-refractivity contribution in [3.05, 3.63) is 39.8 Å². The van der Waals surface area contributed by atoms with E-state index in [-0.39, 0.29) is 0 Å². The van der Waals surface area contributed by atoms with E-state index in [9.17, 15) is 0 Å². The Hall–Kier alpha value is -0.870. The average Bonchev–Trinajstić information content (AvgIpc) is 2.62. The fourth-order valence-electron chi connectivity index (χ4n) is 1.53. The Labute approximate surface area is 108 Å². The zero-order chi connectivity index (χ0) is 11.5. The van der Waals surface area contributed by atoms with E-state index in [2.05, 4.69) is 33.1 Å². The van der Waals surface area contributed by atoms with Crippen molar-refractivity contribution in [3.63, 3.8) is 0 Å². The minimum absolute atomic E-state index is 0.408. The highest BCUT2D eigenvalue weighted by Gasteiger charge is 2.10. The first-order valence-electron chi connectivity index (χ1n) is 5.08. The van der Waals surface area contributed by atoms with Gasteiger partial charge in [0.15, 0.2) is 0 Å². The lowest BCUT2D eigenvalue weighted by Crippen LogP contribution is -2.01. The van der Waals surface area contributed by atoms with Crippen molar-refractivity contribution in [2.24, 2.45) is 0 Å². The molecule has 0 aliphatic heterocycles. The SMILES string of the molecule is CCCc1nnc(Cl)n1-c1ccc(Br)cc1. The summed E-state index contributed by atoms with van der Waals surface area (Å²) in [6.07, 6.45) is 1.89. The van der Waals surface area contributed by atoms with Gasteiger partial charge >= 0.3 is 0 Å². The van der Waals surface area contributed by atoms with Crippen LogP contribution in [-0.2, 0) is 6.42 Å². The lowest BCUT2D eigenvalue weighted by atomic mass is 10.3. The van der Waals surface area contributed by atoms with Gasteiger partial charge in [-0.2, -0.15) is 0 Å². The summed E-state index contributed by atoms with van der Waals surface area (Å²) in [6.45, 7) is 2.11. The van der Waals surface area contributed by atoms with Crippen LogP contribution in [0, 0.1) is 0 Å². The van der Waals surface area contributed by atoms with E-state index in [0.29, 0.717) is 5.28 Å². The summed E-state index contributed by atoms with van der Waals surface area (Å²) in [5.74, 6) is 0.898. The standard InChI is InChI=1S/C11H11BrClN3/c1-2-3-10-14-15-11(13)16(10)9-6-4-8(12)5-7-9/h4-7H,2-3H2,1H3. The van der Waals surface area contributed by atoms with E-state index in [1.165, 1.54) is 0 Å². The van der Waals surface area contributed by atoms with Crippen LogP contribution in [0.1, 0.15) is 19.2 Å². The molecule has 1 aromatic carbocycles. The highest BCUT2D eigenvalue weighted by atomic mass is 79.9. The molecule has 0 saturated carbocycles. The summed E-state index contributed by atoms with van der Waals surface area (Å²) in [7, 11) is 0. The highest BCUT2D eigenvalue weighted by Crippen LogP contribution is 2.20. The van der Waals surface area contributed by atoms with Crippen LogP contribution in [0.25, 0.3) is 5.69 Å². The van der Waals surface area contributed by atoms with Gasteiger partial charge in [0, 0.05) is 16.6 Å². The van der Waals surface area contributed by atoms with Gasteiger partial charge in [0.2, 0.25) is 5.28 Å². The van der Waals surface area contributed by atoms with E-state index < -0.39 is 0 Å². The molecule has 0 radical (unpaired) electrons. The normalized spacial score (nSPS) is 10.7. The molecule has 1 heterocycles. The van der Waals surface area contributed by atoms with Crippen molar-refractivity contribution in [1.82, 2.24) is 14.8 Å². The van der Waals surface area contributed by atoms with Crippen molar-refractivity contribution in [2.45, 2.75) is 19.8 Å². The lowest BCUT2D eigenvalue weighted by molar-refractivity contribution is 0.803. The van der Waals surface area contributed by atoms with Gasteiger partial charge in [-0.25, -0.2) is 0 Å². The zero-order valence-corrected chi connectivity index (χ0v) is 11.2. The molecule has 0 aliphatic rings. The number of benzene rings is 1. The van der Waals surface area contributed by atoms with E-state index in [1.54, 1.807) is 0 Å². The molecule has 0 amide bonds. The first kappa shape index (κ1) is 11.6. The van der Waals surface area contributed by atoms with Gasteiger partial charge in [0.1, 0.15) is 5.82 Å². The third-order valence-electron chi connectivity index (χ3n) is 2.25. The first-order chi connectivity index (χ1) is 7.72. The van der Waals surface area contributed by atoms with Crippen molar-refractivity contribution in [3.8, 4) is 5.69 Å². The topological polar surface area (TPSA) is 30.7 Å². The Morgan fingerprint density at radius 1 is 1.25 bits per heavy atom. The summed E-state index contributed by atoms with van der Waals surface area (Å²) in [5.41, 5.74) is 0.988. The molecule has 0 saturated heterocycles. The number of rotatable bonds is 3. The molecule has 0 spiro atoms. The average molecular weight is 301 g/mol. The number of hydrogen-bond donors (Lipinski definition) is 0. The molecule has 5 heteroatoms. The molecule has 0 unspecified atom stereocenters. The maximum Gasteiger partial charge on any atom is 0.229 e. The number of hydrogen-bond acceptors (Lipinski definition) is 2. The zero-order valence-electron chi connectivity index (χ0n) is 8.82. The molecular formula is C11H11BrClN3. The maximum absolute atomic E-state index is 6.03. The van der Waals surface area contributed by atoms with Crippen molar-refractivity contribution < 1.29 is 0 Å². The molecule has 0 bridgehead atoms. The molecular weight excluding hydrogens is 289 g/mol. The Kier molecular flexibility index (Phi) is 3.61. The predicted molar refractivity (Wildman–Crippen MR) is 68.1 cm³/mol. The Balaban J connectivity index is 2.45. The summed E-state index contributed by atoms with van der Waals surface area (Å²) >= 11 is 9.44. The highest BCUT2D eigenvalue weighted by molar-refractivity contribution is 9.10. The van der Waals surface area contributed by atoms with Gasteiger partial charge in [-0.3, -0.25) is 4.57 Å². The summed E-state index contributed by atoms with van der Waals surface area (Å²) < 4.78 is 2.91. The van der Waals surface area contributed by atoms with Gasteiger partial charge in [-0.1, -0.05) is 22.9 Å². The largest absolute Gasteiger partial charge is 0.270 e. The summed E-state index contributed by atoms with van der Waals surface area (Å²) in [6, 6.07) is 7.92. The van der Waals surface area contributed by atoms with Crippen LogP contribution >= 0.6 is 27.5 Å². The molecule has 0 N–H and O–H groups in total. The molecule has 3 nitrogen and oxygen atoms in total. The molecule has 16 heavy (non-hydrogen) atoms. The first-order valence-corrected chi connectivity index (χ1v) is 6.25. The van der Waals surface area contributed by atoms with Crippen molar-refractivity contribution in [2.75, 3.05) is 0 Å². The van der Waals surface area contributed by atoms with Gasteiger partial charge < -0.3 is 0 Å². The number of aryl methyl sites for hydroxylation is 1. The maximum atomic E-state index is 6.03. The van der Waals surface area contributed by atoms with E-state index in [1.807, 2.05) is 28.8 Å². The van der Waals surface area contributed by atoms with Crippen LogP contribution in [0.15, 0.2) is 28.7 Å². The Bertz CT molecular complexity index is 478. The molecule has 2 aromatic rings. The second kappa shape index (κ2) is 4.97.